The molecule has 0 aliphatic carbocycles. The van der Waals surface area contributed by atoms with E-state index in [4.69, 9.17) is 4.74 Å². The fraction of sp³-hybridized carbons (Fsp3) is 0.625. The van der Waals surface area contributed by atoms with E-state index in [-0.39, 0.29) is 5.54 Å². The zero-order chi connectivity index (χ0) is 13.0. The Morgan fingerprint density at radius 2 is 1.95 bits per heavy atom. The minimum absolute atomic E-state index is 0.141. The summed E-state index contributed by atoms with van der Waals surface area (Å²) in [7, 11) is 0. The average molecular weight is 277 g/mol. The standard InChI is InChI=1S/C16H23NOS/c1-2-5-14(6-3-1)16(8-10-18-11-9-16)17-15-7-4-12-19-13-15/h1-3,5-6,15,17H,4,7-13H2/t15-/m1/s1. The highest BCUT2D eigenvalue weighted by atomic mass is 32.2. The molecule has 3 rings (SSSR count). The van der Waals surface area contributed by atoms with E-state index in [1.807, 2.05) is 0 Å². The van der Waals surface area contributed by atoms with Crippen LogP contribution in [-0.2, 0) is 10.3 Å². The Morgan fingerprint density at radius 1 is 1.16 bits per heavy atom. The zero-order valence-electron chi connectivity index (χ0n) is 11.4. The molecule has 1 aromatic carbocycles. The summed E-state index contributed by atoms with van der Waals surface area (Å²) in [4.78, 5) is 0. The van der Waals surface area contributed by atoms with E-state index in [9.17, 15) is 0 Å². The second kappa shape index (κ2) is 6.29. The Balaban J connectivity index is 1.79. The minimum Gasteiger partial charge on any atom is -0.381 e. The molecule has 3 heteroatoms. The molecule has 2 saturated heterocycles. The molecule has 1 N–H and O–H groups in total. The van der Waals surface area contributed by atoms with Crippen molar-refractivity contribution in [3.8, 4) is 0 Å². The molecule has 0 bridgehead atoms. The average Bonchev–Trinajstić information content (AvgIpc) is 2.50. The van der Waals surface area contributed by atoms with Gasteiger partial charge in [0.15, 0.2) is 0 Å². The molecule has 104 valence electrons. The summed E-state index contributed by atoms with van der Waals surface area (Å²) in [6, 6.07) is 11.6. The quantitative estimate of drug-likeness (QED) is 0.917. The molecule has 0 aromatic heterocycles. The van der Waals surface area contributed by atoms with E-state index in [2.05, 4.69) is 47.4 Å². The molecular weight excluding hydrogens is 254 g/mol. The zero-order valence-corrected chi connectivity index (χ0v) is 12.3. The number of rotatable bonds is 3. The third-order valence-electron chi connectivity index (χ3n) is 4.31. The summed E-state index contributed by atoms with van der Waals surface area (Å²) in [5.74, 6) is 2.59. The summed E-state index contributed by atoms with van der Waals surface area (Å²) in [6.07, 6.45) is 4.86. The third kappa shape index (κ3) is 3.15. The summed E-state index contributed by atoms with van der Waals surface area (Å²) in [6.45, 7) is 1.75. The van der Waals surface area contributed by atoms with Gasteiger partial charge in [-0.25, -0.2) is 0 Å². The minimum atomic E-state index is 0.141. The highest BCUT2D eigenvalue weighted by molar-refractivity contribution is 7.99. The van der Waals surface area contributed by atoms with E-state index in [0.717, 1.165) is 26.1 Å². The molecule has 0 unspecified atom stereocenters. The molecule has 2 heterocycles. The fourth-order valence-electron chi connectivity index (χ4n) is 3.24. The van der Waals surface area contributed by atoms with Gasteiger partial charge in [-0.3, -0.25) is 0 Å². The van der Waals surface area contributed by atoms with Crippen molar-refractivity contribution in [2.45, 2.75) is 37.3 Å². The van der Waals surface area contributed by atoms with Crippen LogP contribution in [0.1, 0.15) is 31.2 Å². The van der Waals surface area contributed by atoms with E-state index in [1.54, 1.807) is 0 Å². The first kappa shape index (κ1) is 13.5. The van der Waals surface area contributed by atoms with Crippen molar-refractivity contribution in [2.24, 2.45) is 0 Å². The molecule has 1 atom stereocenters. The molecule has 2 aliphatic rings. The highest BCUT2D eigenvalue weighted by Crippen LogP contribution is 2.34. The molecule has 19 heavy (non-hydrogen) atoms. The van der Waals surface area contributed by atoms with Crippen LogP contribution in [0.2, 0.25) is 0 Å². The lowest BCUT2D eigenvalue weighted by Gasteiger charge is -2.42. The first-order chi connectivity index (χ1) is 9.39. The van der Waals surface area contributed by atoms with E-state index in [0.29, 0.717) is 6.04 Å². The van der Waals surface area contributed by atoms with Crippen LogP contribution in [0.15, 0.2) is 30.3 Å². The van der Waals surface area contributed by atoms with Crippen molar-refractivity contribution >= 4 is 11.8 Å². The number of benzene rings is 1. The van der Waals surface area contributed by atoms with Crippen molar-refractivity contribution in [1.82, 2.24) is 5.32 Å². The molecule has 2 aliphatic heterocycles. The fourth-order valence-corrected chi connectivity index (χ4v) is 4.31. The third-order valence-corrected chi connectivity index (χ3v) is 5.53. The van der Waals surface area contributed by atoms with Crippen molar-refractivity contribution in [1.29, 1.82) is 0 Å². The number of thioether (sulfide) groups is 1. The molecule has 0 amide bonds. The second-order valence-electron chi connectivity index (χ2n) is 5.62. The van der Waals surface area contributed by atoms with Gasteiger partial charge >= 0.3 is 0 Å². The van der Waals surface area contributed by atoms with Crippen LogP contribution in [0, 0.1) is 0 Å². The SMILES string of the molecule is c1ccc(C2(N[C@@H]3CCCSC3)CCOCC2)cc1. The maximum Gasteiger partial charge on any atom is 0.0486 e. The molecule has 0 spiro atoms. The monoisotopic (exact) mass is 277 g/mol. The maximum atomic E-state index is 5.59. The van der Waals surface area contributed by atoms with Crippen LogP contribution in [0.4, 0.5) is 0 Å². The smallest absolute Gasteiger partial charge is 0.0486 e. The normalized spacial score (nSPS) is 27.1. The molecule has 0 radical (unpaired) electrons. The van der Waals surface area contributed by atoms with Gasteiger partial charge in [-0.2, -0.15) is 11.8 Å². The lowest BCUT2D eigenvalue weighted by Crippen LogP contribution is -2.52. The van der Waals surface area contributed by atoms with Gasteiger partial charge in [0.05, 0.1) is 0 Å². The van der Waals surface area contributed by atoms with Crippen molar-refractivity contribution in [3.05, 3.63) is 35.9 Å². The molecule has 1 aromatic rings. The first-order valence-electron chi connectivity index (χ1n) is 7.38. The number of nitrogens with one attached hydrogen (secondary N) is 1. The topological polar surface area (TPSA) is 21.3 Å². The van der Waals surface area contributed by atoms with Crippen LogP contribution in [0.3, 0.4) is 0 Å². The summed E-state index contributed by atoms with van der Waals surface area (Å²) in [5, 5.41) is 3.99. The predicted molar refractivity (Wildman–Crippen MR) is 81.7 cm³/mol. The summed E-state index contributed by atoms with van der Waals surface area (Å²) >= 11 is 2.09. The Bertz CT molecular complexity index is 383. The van der Waals surface area contributed by atoms with Crippen LogP contribution in [0.5, 0.6) is 0 Å². The van der Waals surface area contributed by atoms with E-state index >= 15 is 0 Å². The molecule has 2 fully saturated rings. The highest BCUT2D eigenvalue weighted by Gasteiger charge is 2.36. The van der Waals surface area contributed by atoms with Crippen molar-refractivity contribution in [2.75, 3.05) is 24.7 Å². The molecular formula is C16H23NOS. The van der Waals surface area contributed by atoms with Crippen molar-refractivity contribution < 1.29 is 4.74 Å². The van der Waals surface area contributed by atoms with Gasteiger partial charge in [0.25, 0.3) is 0 Å². The maximum absolute atomic E-state index is 5.59. The van der Waals surface area contributed by atoms with Gasteiger partial charge < -0.3 is 10.1 Å². The molecule has 0 saturated carbocycles. The molecule has 2 nitrogen and oxygen atoms in total. The summed E-state index contributed by atoms with van der Waals surface area (Å²) in [5.41, 5.74) is 1.58. The first-order valence-corrected chi connectivity index (χ1v) is 8.53. The van der Waals surface area contributed by atoms with Gasteiger partial charge in [0.2, 0.25) is 0 Å². The van der Waals surface area contributed by atoms with Crippen LogP contribution < -0.4 is 5.32 Å². The Kier molecular flexibility index (Phi) is 4.46. The van der Waals surface area contributed by atoms with E-state index in [1.165, 1.54) is 29.9 Å². The number of hydrogen-bond donors (Lipinski definition) is 1. The summed E-state index contributed by atoms with van der Waals surface area (Å²) < 4.78 is 5.59. The number of ether oxygens (including phenoxy) is 1. The van der Waals surface area contributed by atoms with Crippen LogP contribution in [0.25, 0.3) is 0 Å². The van der Waals surface area contributed by atoms with Gasteiger partial charge in [-0.15, -0.1) is 0 Å². The van der Waals surface area contributed by atoms with Crippen molar-refractivity contribution in [3.63, 3.8) is 0 Å². The van der Waals surface area contributed by atoms with Crippen LogP contribution in [-0.4, -0.2) is 30.8 Å². The largest absolute Gasteiger partial charge is 0.381 e. The van der Waals surface area contributed by atoms with E-state index < -0.39 is 0 Å². The predicted octanol–water partition coefficient (Wildman–Crippen LogP) is 3.18. The van der Waals surface area contributed by atoms with Gasteiger partial charge in [-0.05, 0) is 37.0 Å². The van der Waals surface area contributed by atoms with Crippen LogP contribution >= 0.6 is 11.8 Å². The second-order valence-corrected chi connectivity index (χ2v) is 6.77. The Morgan fingerprint density at radius 3 is 2.63 bits per heavy atom. The van der Waals surface area contributed by atoms with Gasteiger partial charge in [0.1, 0.15) is 0 Å². The number of hydrogen-bond acceptors (Lipinski definition) is 3. The lowest BCUT2D eigenvalue weighted by atomic mass is 9.82. The lowest BCUT2D eigenvalue weighted by molar-refractivity contribution is 0.0319. The Hall–Kier alpha value is -0.510. The van der Waals surface area contributed by atoms with Gasteiger partial charge in [-0.1, -0.05) is 30.3 Å². The van der Waals surface area contributed by atoms with Gasteiger partial charge in [0, 0.05) is 30.5 Å². The Labute approximate surface area is 120 Å².